The SMILES string of the molecule is Cc1ccc(Cl)cc1N1C(=O)c2cc3occc3n2C[C@]1(C)C(=O)NC1CCCCCC1. The Labute approximate surface area is 192 Å². The number of nitrogens with zero attached hydrogens (tertiary/aromatic N) is 2. The second-order valence-electron chi connectivity index (χ2n) is 9.29. The first-order chi connectivity index (χ1) is 15.4. The molecule has 0 bridgehead atoms. The van der Waals surface area contributed by atoms with Crippen molar-refractivity contribution in [1.82, 2.24) is 9.88 Å². The van der Waals surface area contributed by atoms with Gasteiger partial charge in [-0.2, -0.15) is 0 Å². The van der Waals surface area contributed by atoms with Crippen LogP contribution in [0.15, 0.2) is 41.0 Å². The lowest BCUT2D eigenvalue weighted by Gasteiger charge is -2.45. The Bertz CT molecular complexity index is 1190. The second kappa shape index (κ2) is 8.00. The molecular formula is C25H28ClN3O3. The smallest absolute Gasteiger partial charge is 0.276 e. The summed E-state index contributed by atoms with van der Waals surface area (Å²) in [6.07, 6.45) is 8.23. The zero-order valence-corrected chi connectivity index (χ0v) is 19.2. The maximum atomic E-state index is 13.9. The Balaban J connectivity index is 1.61. The number of amides is 2. The van der Waals surface area contributed by atoms with Crippen LogP contribution in [-0.2, 0) is 11.3 Å². The molecule has 6 nitrogen and oxygen atoms in total. The van der Waals surface area contributed by atoms with Gasteiger partial charge in [0.2, 0.25) is 5.91 Å². The van der Waals surface area contributed by atoms with Crippen molar-refractivity contribution in [2.45, 2.75) is 70.5 Å². The first-order valence-corrected chi connectivity index (χ1v) is 11.7. The molecule has 1 atom stereocenters. The number of benzene rings is 1. The lowest BCUT2D eigenvalue weighted by Crippen LogP contribution is -2.65. The highest BCUT2D eigenvalue weighted by molar-refractivity contribution is 6.31. The minimum absolute atomic E-state index is 0.131. The number of aryl methyl sites for hydroxylation is 1. The van der Waals surface area contributed by atoms with E-state index in [4.69, 9.17) is 16.0 Å². The Morgan fingerprint density at radius 1 is 1.16 bits per heavy atom. The zero-order valence-electron chi connectivity index (χ0n) is 18.5. The Morgan fingerprint density at radius 3 is 2.66 bits per heavy atom. The van der Waals surface area contributed by atoms with Gasteiger partial charge in [-0.3, -0.25) is 14.5 Å². The van der Waals surface area contributed by atoms with E-state index in [9.17, 15) is 9.59 Å². The van der Waals surface area contributed by atoms with Gasteiger partial charge in [-0.15, -0.1) is 0 Å². The normalized spacial score (nSPS) is 22.1. The molecule has 32 heavy (non-hydrogen) atoms. The van der Waals surface area contributed by atoms with Gasteiger partial charge >= 0.3 is 0 Å². The highest BCUT2D eigenvalue weighted by Crippen LogP contribution is 2.38. The van der Waals surface area contributed by atoms with E-state index >= 15 is 0 Å². The van der Waals surface area contributed by atoms with Gasteiger partial charge in [-0.1, -0.05) is 43.4 Å². The molecule has 2 aliphatic rings. The maximum Gasteiger partial charge on any atom is 0.276 e. The van der Waals surface area contributed by atoms with Crippen LogP contribution in [0.1, 0.15) is 61.5 Å². The highest BCUT2D eigenvalue weighted by atomic mass is 35.5. The van der Waals surface area contributed by atoms with Crippen LogP contribution in [0.3, 0.4) is 0 Å². The van der Waals surface area contributed by atoms with Crippen molar-refractivity contribution in [2.24, 2.45) is 0 Å². The summed E-state index contributed by atoms with van der Waals surface area (Å²) < 4.78 is 7.46. The third-order valence-corrected chi connectivity index (χ3v) is 7.23. The topological polar surface area (TPSA) is 67.5 Å². The van der Waals surface area contributed by atoms with Crippen LogP contribution in [0.2, 0.25) is 5.02 Å². The van der Waals surface area contributed by atoms with Crippen LogP contribution < -0.4 is 10.2 Å². The molecular weight excluding hydrogens is 426 g/mol. The minimum atomic E-state index is -1.12. The number of hydrogen-bond acceptors (Lipinski definition) is 3. The number of halogens is 1. The summed E-state index contributed by atoms with van der Waals surface area (Å²) in [5.41, 5.74) is 2.41. The molecule has 7 heteroatoms. The molecule has 2 amide bonds. The molecule has 168 valence electrons. The minimum Gasteiger partial charge on any atom is -0.463 e. The molecule has 1 fully saturated rings. The molecule has 1 aliphatic carbocycles. The van der Waals surface area contributed by atoms with E-state index in [1.165, 1.54) is 12.8 Å². The molecule has 3 heterocycles. The largest absolute Gasteiger partial charge is 0.463 e. The van der Waals surface area contributed by atoms with Crippen molar-refractivity contribution < 1.29 is 14.0 Å². The fourth-order valence-corrected chi connectivity index (χ4v) is 5.34. The van der Waals surface area contributed by atoms with Gasteiger partial charge in [0, 0.05) is 28.9 Å². The molecule has 5 rings (SSSR count). The fraction of sp³-hybridized carbons (Fsp3) is 0.440. The summed E-state index contributed by atoms with van der Waals surface area (Å²) in [6.45, 7) is 4.12. The number of nitrogens with one attached hydrogen (secondary N) is 1. The van der Waals surface area contributed by atoms with Crippen molar-refractivity contribution in [1.29, 1.82) is 0 Å². The van der Waals surface area contributed by atoms with Crippen molar-refractivity contribution >= 4 is 40.2 Å². The number of carbonyl (C=O) groups is 2. The molecule has 2 aromatic heterocycles. The van der Waals surface area contributed by atoms with E-state index in [2.05, 4.69) is 5.32 Å². The molecule has 0 unspecified atom stereocenters. The number of carbonyl (C=O) groups excluding carboxylic acids is 2. The van der Waals surface area contributed by atoms with Crippen molar-refractivity contribution in [3.8, 4) is 0 Å². The lowest BCUT2D eigenvalue weighted by molar-refractivity contribution is -0.127. The molecule has 1 N–H and O–H groups in total. The average molecular weight is 454 g/mol. The summed E-state index contributed by atoms with van der Waals surface area (Å²) >= 11 is 6.32. The monoisotopic (exact) mass is 453 g/mol. The molecule has 3 aromatic rings. The fourth-order valence-electron chi connectivity index (χ4n) is 5.18. The van der Waals surface area contributed by atoms with Crippen molar-refractivity contribution in [3.05, 3.63) is 52.9 Å². The van der Waals surface area contributed by atoms with Crippen LogP contribution in [0, 0.1) is 6.92 Å². The van der Waals surface area contributed by atoms with E-state index in [1.54, 1.807) is 29.4 Å². The molecule has 1 saturated carbocycles. The first kappa shape index (κ1) is 21.1. The number of anilines is 1. The number of aromatic nitrogens is 1. The van der Waals surface area contributed by atoms with Crippen molar-refractivity contribution in [3.63, 3.8) is 0 Å². The Morgan fingerprint density at radius 2 is 1.91 bits per heavy atom. The Kier molecular flexibility index (Phi) is 5.28. The van der Waals surface area contributed by atoms with Gasteiger partial charge in [0.1, 0.15) is 11.2 Å². The Hall–Kier alpha value is -2.73. The lowest BCUT2D eigenvalue weighted by atomic mass is 9.92. The molecule has 0 radical (unpaired) electrons. The summed E-state index contributed by atoms with van der Waals surface area (Å²) in [7, 11) is 0. The van der Waals surface area contributed by atoms with Crippen LogP contribution in [-0.4, -0.2) is 28.0 Å². The summed E-state index contributed by atoms with van der Waals surface area (Å²) in [4.78, 5) is 29.3. The number of hydrogen-bond donors (Lipinski definition) is 1. The molecule has 1 aromatic carbocycles. The van der Waals surface area contributed by atoms with E-state index in [0.717, 1.165) is 36.8 Å². The van der Waals surface area contributed by atoms with E-state index in [0.29, 0.717) is 28.5 Å². The number of rotatable bonds is 3. The van der Waals surface area contributed by atoms with Gasteiger partial charge in [0.15, 0.2) is 5.58 Å². The predicted molar refractivity (Wildman–Crippen MR) is 125 cm³/mol. The van der Waals surface area contributed by atoms with Gasteiger partial charge in [0.05, 0.1) is 18.3 Å². The second-order valence-corrected chi connectivity index (χ2v) is 9.73. The third kappa shape index (κ3) is 3.41. The van der Waals surface area contributed by atoms with E-state index in [1.807, 2.05) is 30.5 Å². The van der Waals surface area contributed by atoms with E-state index < -0.39 is 5.54 Å². The summed E-state index contributed by atoms with van der Waals surface area (Å²) in [5, 5.41) is 3.81. The maximum absolute atomic E-state index is 13.9. The van der Waals surface area contributed by atoms with Gasteiger partial charge in [-0.05, 0) is 44.4 Å². The molecule has 0 saturated heterocycles. The average Bonchev–Trinajstić information content (AvgIpc) is 3.25. The van der Waals surface area contributed by atoms with Crippen LogP contribution in [0.5, 0.6) is 0 Å². The van der Waals surface area contributed by atoms with Crippen LogP contribution in [0.25, 0.3) is 11.1 Å². The van der Waals surface area contributed by atoms with E-state index in [-0.39, 0.29) is 17.9 Å². The third-order valence-electron chi connectivity index (χ3n) is 7.00. The van der Waals surface area contributed by atoms with Crippen LogP contribution in [0.4, 0.5) is 5.69 Å². The number of furan rings is 1. The van der Waals surface area contributed by atoms with Crippen LogP contribution >= 0.6 is 11.6 Å². The summed E-state index contributed by atoms with van der Waals surface area (Å²) in [6, 6.07) is 9.19. The predicted octanol–water partition coefficient (Wildman–Crippen LogP) is 5.45. The van der Waals surface area contributed by atoms with Gasteiger partial charge < -0.3 is 14.3 Å². The standard InChI is InChI=1S/C25H28ClN3O3/c1-16-9-10-17(26)13-20(16)29-23(30)21-14-22-19(11-12-32-22)28(21)15-25(29,2)24(31)27-18-7-5-3-4-6-8-18/h9-14,18H,3-8,15H2,1-2H3,(H,27,31)/t25-/m1/s1. The summed E-state index contributed by atoms with van der Waals surface area (Å²) in [5.74, 6) is -0.361. The zero-order chi connectivity index (χ0) is 22.5. The van der Waals surface area contributed by atoms with Crippen molar-refractivity contribution in [2.75, 3.05) is 4.90 Å². The first-order valence-electron chi connectivity index (χ1n) is 11.4. The van der Waals surface area contributed by atoms with Gasteiger partial charge in [-0.25, -0.2) is 0 Å². The van der Waals surface area contributed by atoms with Gasteiger partial charge in [0.25, 0.3) is 5.91 Å². The molecule has 0 spiro atoms. The quantitative estimate of drug-likeness (QED) is 0.536. The number of fused-ring (bicyclic) bond motifs is 3. The highest BCUT2D eigenvalue weighted by Gasteiger charge is 2.49. The molecule has 1 aliphatic heterocycles.